The number of hydrogen-bond donors (Lipinski definition) is 2. The summed E-state index contributed by atoms with van der Waals surface area (Å²) in [6, 6.07) is 17.8. The molecule has 0 aliphatic heterocycles. The van der Waals surface area contributed by atoms with Crippen LogP contribution in [-0.4, -0.2) is 35.7 Å². The van der Waals surface area contributed by atoms with E-state index in [0.29, 0.717) is 11.3 Å². The number of carbonyl (C=O) groups excluding carboxylic acids is 3. The number of carbonyl (C=O) groups is 3. The summed E-state index contributed by atoms with van der Waals surface area (Å²) in [5, 5.41) is 5.16. The van der Waals surface area contributed by atoms with E-state index in [4.69, 9.17) is 0 Å². The van der Waals surface area contributed by atoms with Gasteiger partial charge in [-0.2, -0.15) is 0 Å². The molecular formula is C25H23F2N3O3. The zero-order chi connectivity index (χ0) is 23.8. The number of hydrogen-bond acceptors (Lipinski definition) is 3. The van der Waals surface area contributed by atoms with E-state index in [9.17, 15) is 23.2 Å². The van der Waals surface area contributed by atoms with Crippen molar-refractivity contribution in [3.63, 3.8) is 0 Å². The highest BCUT2D eigenvalue weighted by Crippen LogP contribution is 2.13. The van der Waals surface area contributed by atoms with Gasteiger partial charge >= 0.3 is 0 Å². The minimum atomic E-state index is -0.583. The monoisotopic (exact) mass is 451 g/mol. The van der Waals surface area contributed by atoms with Crippen LogP contribution in [-0.2, 0) is 16.1 Å². The van der Waals surface area contributed by atoms with Crippen molar-refractivity contribution in [3.8, 4) is 0 Å². The first-order chi connectivity index (χ1) is 15.8. The summed E-state index contributed by atoms with van der Waals surface area (Å²) in [6.45, 7) is 1.23. The zero-order valence-corrected chi connectivity index (χ0v) is 18.0. The lowest BCUT2D eigenvalue weighted by Gasteiger charge is -2.22. The van der Waals surface area contributed by atoms with Gasteiger partial charge in [-0.25, -0.2) is 8.78 Å². The van der Waals surface area contributed by atoms with Crippen molar-refractivity contribution in [2.24, 2.45) is 0 Å². The Balaban J connectivity index is 1.65. The smallest absolute Gasteiger partial charge is 0.254 e. The van der Waals surface area contributed by atoms with Crippen LogP contribution in [0, 0.1) is 18.6 Å². The highest BCUT2D eigenvalue weighted by Gasteiger charge is 2.20. The van der Waals surface area contributed by atoms with Gasteiger partial charge in [0, 0.05) is 17.8 Å². The zero-order valence-electron chi connectivity index (χ0n) is 18.0. The molecule has 0 fully saturated rings. The van der Waals surface area contributed by atoms with Crippen molar-refractivity contribution in [1.82, 2.24) is 10.2 Å². The fraction of sp³-hybridized carbons (Fsp3) is 0.160. The van der Waals surface area contributed by atoms with Crippen molar-refractivity contribution in [2.45, 2.75) is 13.5 Å². The van der Waals surface area contributed by atoms with E-state index < -0.39 is 29.4 Å². The average Bonchev–Trinajstić information content (AvgIpc) is 2.78. The van der Waals surface area contributed by atoms with Crippen LogP contribution in [0.25, 0.3) is 0 Å². The number of aryl methyl sites for hydroxylation is 1. The van der Waals surface area contributed by atoms with Gasteiger partial charge in [0.05, 0.1) is 6.54 Å². The second-order valence-corrected chi connectivity index (χ2v) is 7.49. The molecule has 2 N–H and O–H groups in total. The van der Waals surface area contributed by atoms with E-state index in [1.165, 1.54) is 47.4 Å². The molecule has 0 saturated heterocycles. The van der Waals surface area contributed by atoms with Crippen LogP contribution in [0.3, 0.4) is 0 Å². The first-order valence-corrected chi connectivity index (χ1v) is 10.2. The maximum absolute atomic E-state index is 13.6. The van der Waals surface area contributed by atoms with Crippen molar-refractivity contribution >= 4 is 23.4 Å². The molecule has 0 saturated carbocycles. The lowest BCUT2D eigenvalue weighted by molar-refractivity contribution is -0.124. The minimum absolute atomic E-state index is 0.00145. The molecule has 170 valence electrons. The molecule has 0 aliphatic rings. The normalized spacial score (nSPS) is 10.4. The van der Waals surface area contributed by atoms with E-state index in [1.807, 2.05) is 13.0 Å². The van der Waals surface area contributed by atoms with Gasteiger partial charge in [-0.1, -0.05) is 30.3 Å². The highest BCUT2D eigenvalue weighted by atomic mass is 19.1. The number of rotatable bonds is 8. The second kappa shape index (κ2) is 11.0. The Morgan fingerprint density at radius 3 is 2.27 bits per heavy atom. The Labute approximate surface area is 190 Å². The van der Waals surface area contributed by atoms with Crippen LogP contribution in [0.5, 0.6) is 0 Å². The molecule has 33 heavy (non-hydrogen) atoms. The van der Waals surface area contributed by atoms with Crippen LogP contribution in [0.2, 0.25) is 0 Å². The first kappa shape index (κ1) is 23.6. The molecule has 3 amide bonds. The Kier molecular flexibility index (Phi) is 7.86. The number of amides is 3. The van der Waals surface area contributed by atoms with Crippen molar-refractivity contribution in [2.75, 3.05) is 18.4 Å². The van der Waals surface area contributed by atoms with E-state index in [0.717, 1.165) is 11.6 Å². The van der Waals surface area contributed by atoms with Gasteiger partial charge < -0.3 is 15.5 Å². The molecule has 0 aromatic heterocycles. The molecule has 0 bridgehead atoms. The number of nitrogens with zero attached hydrogens (tertiary/aromatic N) is 1. The van der Waals surface area contributed by atoms with Crippen molar-refractivity contribution in [1.29, 1.82) is 0 Å². The van der Waals surface area contributed by atoms with Crippen LogP contribution < -0.4 is 10.6 Å². The van der Waals surface area contributed by atoms with Gasteiger partial charge in [0.25, 0.3) is 5.91 Å². The topological polar surface area (TPSA) is 78.5 Å². The minimum Gasteiger partial charge on any atom is -0.345 e. The molecule has 0 heterocycles. The number of anilines is 1. The third kappa shape index (κ3) is 7.24. The third-order valence-corrected chi connectivity index (χ3v) is 4.73. The Hall–Kier alpha value is -4.07. The lowest BCUT2D eigenvalue weighted by atomic mass is 10.1. The van der Waals surface area contributed by atoms with Gasteiger partial charge in [-0.05, 0) is 60.5 Å². The Morgan fingerprint density at radius 2 is 1.58 bits per heavy atom. The van der Waals surface area contributed by atoms with E-state index >= 15 is 0 Å². The summed E-state index contributed by atoms with van der Waals surface area (Å²) in [4.78, 5) is 38.8. The molecule has 0 aliphatic carbocycles. The molecule has 3 rings (SSSR count). The van der Waals surface area contributed by atoms with E-state index in [2.05, 4.69) is 10.6 Å². The molecule has 3 aromatic carbocycles. The van der Waals surface area contributed by atoms with Crippen molar-refractivity contribution in [3.05, 3.63) is 101 Å². The summed E-state index contributed by atoms with van der Waals surface area (Å²) < 4.78 is 26.8. The maximum Gasteiger partial charge on any atom is 0.254 e. The number of nitrogens with one attached hydrogen (secondary N) is 2. The van der Waals surface area contributed by atoms with Gasteiger partial charge in [-0.15, -0.1) is 0 Å². The summed E-state index contributed by atoms with van der Waals surface area (Å²) in [6.07, 6.45) is 0. The number of halogens is 2. The lowest BCUT2D eigenvalue weighted by Crippen LogP contribution is -2.42. The standard InChI is InChI=1S/C25H23F2N3O3/c1-17-4-2-7-22(12-17)29-23(31)14-28-24(32)16-30(15-18-8-10-20(26)11-9-18)25(33)19-5-3-6-21(27)13-19/h2-13H,14-16H2,1H3,(H,28,32)(H,29,31). The first-order valence-electron chi connectivity index (χ1n) is 10.2. The van der Waals surface area contributed by atoms with Crippen LogP contribution in [0.15, 0.2) is 72.8 Å². The Morgan fingerprint density at radius 1 is 0.848 bits per heavy atom. The van der Waals surface area contributed by atoms with Crippen LogP contribution >= 0.6 is 0 Å². The summed E-state index contributed by atoms with van der Waals surface area (Å²) in [5.41, 5.74) is 2.24. The predicted octanol–water partition coefficient (Wildman–Crippen LogP) is 3.67. The molecular weight excluding hydrogens is 428 g/mol. The molecule has 6 nitrogen and oxygen atoms in total. The summed E-state index contributed by atoms with van der Waals surface area (Å²) in [5.74, 6) is -2.58. The van der Waals surface area contributed by atoms with E-state index in [-0.39, 0.29) is 25.2 Å². The SMILES string of the molecule is Cc1cccc(NC(=O)CNC(=O)CN(Cc2ccc(F)cc2)C(=O)c2cccc(F)c2)c1. The fourth-order valence-corrected chi connectivity index (χ4v) is 3.15. The molecule has 8 heteroatoms. The molecule has 0 atom stereocenters. The van der Waals surface area contributed by atoms with Crippen LogP contribution in [0.1, 0.15) is 21.5 Å². The predicted molar refractivity (Wildman–Crippen MR) is 120 cm³/mol. The van der Waals surface area contributed by atoms with Gasteiger partial charge in [0.1, 0.15) is 18.2 Å². The Bertz CT molecular complexity index is 1150. The number of benzene rings is 3. The van der Waals surface area contributed by atoms with Gasteiger partial charge in [0.15, 0.2) is 0 Å². The molecule has 0 radical (unpaired) electrons. The van der Waals surface area contributed by atoms with E-state index in [1.54, 1.807) is 18.2 Å². The van der Waals surface area contributed by atoms with Gasteiger partial charge in [-0.3, -0.25) is 14.4 Å². The quantitative estimate of drug-likeness (QED) is 0.549. The van der Waals surface area contributed by atoms with Crippen LogP contribution in [0.4, 0.5) is 14.5 Å². The molecule has 0 unspecified atom stereocenters. The third-order valence-electron chi connectivity index (χ3n) is 4.73. The molecule has 0 spiro atoms. The second-order valence-electron chi connectivity index (χ2n) is 7.49. The molecule has 3 aromatic rings. The maximum atomic E-state index is 13.6. The van der Waals surface area contributed by atoms with Crippen molar-refractivity contribution < 1.29 is 23.2 Å². The average molecular weight is 451 g/mol. The summed E-state index contributed by atoms with van der Waals surface area (Å²) in [7, 11) is 0. The summed E-state index contributed by atoms with van der Waals surface area (Å²) >= 11 is 0. The largest absolute Gasteiger partial charge is 0.345 e. The fourth-order valence-electron chi connectivity index (χ4n) is 3.15. The highest BCUT2D eigenvalue weighted by molar-refractivity contribution is 5.98. The van der Waals surface area contributed by atoms with Gasteiger partial charge in [0.2, 0.25) is 11.8 Å².